The van der Waals surface area contributed by atoms with E-state index in [9.17, 15) is 14.7 Å². The quantitative estimate of drug-likeness (QED) is 0.108. The molecule has 8 atom stereocenters. The summed E-state index contributed by atoms with van der Waals surface area (Å²) in [5.41, 5.74) is 0.597. The fourth-order valence-corrected chi connectivity index (χ4v) is 9.07. The van der Waals surface area contributed by atoms with Crippen molar-refractivity contribution < 1.29 is 33.8 Å². The summed E-state index contributed by atoms with van der Waals surface area (Å²) in [7, 11) is 1.69. The number of amides is 3. The first-order valence-corrected chi connectivity index (χ1v) is 19.3. The number of hydrogen-bond acceptors (Lipinski definition) is 7. The number of carbonyl (C=O) groups is 4. The average molecular weight is 756 g/mol. The van der Waals surface area contributed by atoms with Crippen molar-refractivity contribution in [1.82, 2.24) is 9.80 Å². The van der Waals surface area contributed by atoms with Gasteiger partial charge in [0, 0.05) is 25.7 Å². The standard InChI is InChI=1S/C46H49N3O7/c1-5-7-22-38(51)47(4)30(3)41(33-19-12-9-13-20-33)55-45(54)39-37-25-26-46(56-37)40(39)43(52)49(36(29-50)32-17-10-8-11-18-32)42(46)44(53)48(27-6-2)35-24-23-31-16-14-15-21-34(31)28-35/h5-6,8-21,23-24,28,30,36-37,39-42,50H,1-2,7,22,25-27,29H2,3-4H3/t30-,36-,37-,39+,40+,41+,42-,46+/m1/s1. The smallest absolute Gasteiger partial charge is 0.313 e. The van der Waals surface area contributed by atoms with E-state index in [2.05, 4.69) is 13.2 Å². The third-order valence-corrected chi connectivity index (χ3v) is 11.9. The second kappa shape index (κ2) is 16.3. The molecule has 56 heavy (non-hydrogen) atoms. The highest BCUT2D eigenvalue weighted by Crippen LogP contribution is 2.60. The average Bonchev–Trinajstić information content (AvgIpc) is 3.88. The van der Waals surface area contributed by atoms with Gasteiger partial charge in [-0.25, -0.2) is 0 Å². The van der Waals surface area contributed by atoms with Gasteiger partial charge in [0.05, 0.1) is 36.6 Å². The number of likely N-dealkylation sites (tertiary alicyclic amines) is 1. The summed E-state index contributed by atoms with van der Waals surface area (Å²) in [5.74, 6) is -3.68. The Morgan fingerprint density at radius 2 is 1.61 bits per heavy atom. The molecule has 1 N–H and O–H groups in total. The minimum Gasteiger partial charge on any atom is -0.455 e. The Hall–Kier alpha value is -5.58. The van der Waals surface area contributed by atoms with Crippen LogP contribution in [-0.2, 0) is 28.7 Å². The van der Waals surface area contributed by atoms with E-state index in [-0.39, 0.29) is 18.9 Å². The highest BCUT2D eigenvalue weighted by Gasteiger charge is 2.76. The number of aliphatic hydroxyl groups excluding tert-OH is 1. The van der Waals surface area contributed by atoms with Crippen LogP contribution in [0.15, 0.2) is 128 Å². The zero-order chi connectivity index (χ0) is 39.6. The zero-order valence-electron chi connectivity index (χ0n) is 31.9. The summed E-state index contributed by atoms with van der Waals surface area (Å²) in [5, 5.41) is 12.9. The van der Waals surface area contributed by atoms with Gasteiger partial charge < -0.3 is 29.3 Å². The van der Waals surface area contributed by atoms with Gasteiger partial charge >= 0.3 is 5.97 Å². The summed E-state index contributed by atoms with van der Waals surface area (Å²) < 4.78 is 13.2. The van der Waals surface area contributed by atoms with Gasteiger partial charge in [-0.3, -0.25) is 19.2 Å². The van der Waals surface area contributed by atoms with Gasteiger partial charge in [-0.05, 0) is 60.2 Å². The lowest BCUT2D eigenvalue weighted by molar-refractivity contribution is -0.165. The molecule has 7 rings (SSSR count). The van der Waals surface area contributed by atoms with Crippen LogP contribution in [-0.4, -0.2) is 82.6 Å². The lowest BCUT2D eigenvalue weighted by atomic mass is 9.70. The van der Waals surface area contributed by atoms with Gasteiger partial charge in [0.25, 0.3) is 5.91 Å². The second-order valence-corrected chi connectivity index (χ2v) is 15.0. The SMILES string of the molecule is C=CCCC(=O)N(C)[C@H](C)[C@H](OC(=O)[C@@H]1[C@H]2C(=O)N([C@H](CO)c3ccccc3)[C@H](C(=O)N(CC=C)c3ccc4ccccc4c3)[C@]23CC[C@H]1O3)c1ccccc1. The Labute approximate surface area is 328 Å². The Morgan fingerprint density at radius 3 is 2.27 bits per heavy atom. The minimum absolute atomic E-state index is 0.119. The lowest BCUT2D eigenvalue weighted by Gasteiger charge is -2.39. The van der Waals surface area contributed by atoms with Crippen LogP contribution in [0.1, 0.15) is 55.9 Å². The van der Waals surface area contributed by atoms with Crippen molar-refractivity contribution in [3.8, 4) is 0 Å². The van der Waals surface area contributed by atoms with Crippen molar-refractivity contribution in [2.75, 3.05) is 25.1 Å². The zero-order valence-corrected chi connectivity index (χ0v) is 31.9. The highest BCUT2D eigenvalue weighted by atomic mass is 16.6. The van der Waals surface area contributed by atoms with E-state index in [1.165, 1.54) is 4.90 Å². The van der Waals surface area contributed by atoms with E-state index in [1.54, 1.807) is 29.0 Å². The van der Waals surface area contributed by atoms with Gasteiger partial charge in [-0.2, -0.15) is 0 Å². The number of likely N-dealkylation sites (N-methyl/N-ethyl adjacent to an activating group) is 1. The number of hydrogen-bond donors (Lipinski definition) is 1. The molecule has 10 nitrogen and oxygen atoms in total. The van der Waals surface area contributed by atoms with Crippen LogP contribution in [0.25, 0.3) is 10.8 Å². The van der Waals surface area contributed by atoms with Gasteiger partial charge in [-0.15, -0.1) is 13.2 Å². The molecule has 1 spiro atoms. The molecule has 0 radical (unpaired) electrons. The van der Waals surface area contributed by atoms with E-state index in [0.29, 0.717) is 36.1 Å². The molecule has 3 amide bonds. The molecule has 2 bridgehead atoms. The minimum atomic E-state index is -1.37. The predicted molar refractivity (Wildman–Crippen MR) is 214 cm³/mol. The summed E-state index contributed by atoms with van der Waals surface area (Å²) in [6.07, 6.45) is 3.36. The van der Waals surface area contributed by atoms with Crippen LogP contribution in [0.5, 0.6) is 0 Å². The van der Waals surface area contributed by atoms with Crippen molar-refractivity contribution in [2.24, 2.45) is 11.8 Å². The number of carbonyl (C=O) groups excluding carboxylic acids is 4. The lowest BCUT2D eigenvalue weighted by Crippen LogP contribution is -2.57. The summed E-state index contributed by atoms with van der Waals surface area (Å²) in [4.78, 5) is 62.9. The number of aliphatic hydroxyl groups is 1. The third-order valence-electron chi connectivity index (χ3n) is 11.9. The Balaban J connectivity index is 1.28. The van der Waals surface area contributed by atoms with Crippen LogP contribution in [0.2, 0.25) is 0 Å². The van der Waals surface area contributed by atoms with Crippen LogP contribution in [0.4, 0.5) is 5.69 Å². The molecule has 0 saturated carbocycles. The number of allylic oxidation sites excluding steroid dienone is 1. The molecule has 0 aliphatic carbocycles. The molecule has 4 aromatic rings. The molecule has 0 aromatic heterocycles. The number of anilines is 1. The van der Waals surface area contributed by atoms with E-state index in [0.717, 1.165) is 10.8 Å². The van der Waals surface area contributed by atoms with Gasteiger partial charge in [0.1, 0.15) is 17.7 Å². The number of fused-ring (bicyclic) bond motifs is 2. The first kappa shape index (κ1) is 38.7. The molecule has 3 aliphatic heterocycles. The Morgan fingerprint density at radius 1 is 0.946 bits per heavy atom. The first-order valence-electron chi connectivity index (χ1n) is 19.3. The number of benzene rings is 4. The van der Waals surface area contributed by atoms with E-state index < -0.39 is 72.2 Å². The van der Waals surface area contributed by atoms with Crippen LogP contribution < -0.4 is 4.90 Å². The molecule has 10 heteroatoms. The monoisotopic (exact) mass is 755 g/mol. The summed E-state index contributed by atoms with van der Waals surface area (Å²) in [6.45, 7) is 9.20. The maximum atomic E-state index is 15.3. The number of esters is 1. The van der Waals surface area contributed by atoms with Crippen molar-refractivity contribution >= 4 is 40.2 Å². The Kier molecular flexibility index (Phi) is 11.2. The fourth-order valence-electron chi connectivity index (χ4n) is 9.07. The molecule has 4 aromatic carbocycles. The third kappa shape index (κ3) is 6.81. The fraction of sp³-hybridized carbons (Fsp3) is 0.348. The molecule has 3 aliphatic rings. The van der Waals surface area contributed by atoms with Gasteiger partial charge in [0.15, 0.2) is 0 Å². The van der Waals surface area contributed by atoms with E-state index >= 15 is 9.59 Å². The normalized spacial score (nSPS) is 23.9. The highest BCUT2D eigenvalue weighted by molar-refractivity contribution is 6.05. The maximum Gasteiger partial charge on any atom is 0.313 e. The van der Waals surface area contributed by atoms with Crippen LogP contribution in [0.3, 0.4) is 0 Å². The molecule has 290 valence electrons. The molecule has 3 saturated heterocycles. The number of ether oxygens (including phenoxy) is 2. The number of nitrogens with zero attached hydrogens (tertiary/aromatic N) is 3. The molecular weight excluding hydrogens is 707 g/mol. The molecule has 3 fully saturated rings. The van der Waals surface area contributed by atoms with Crippen molar-refractivity contribution in [3.63, 3.8) is 0 Å². The molecule has 0 unspecified atom stereocenters. The van der Waals surface area contributed by atoms with Gasteiger partial charge in [-0.1, -0.05) is 103 Å². The number of rotatable bonds is 15. The van der Waals surface area contributed by atoms with Crippen LogP contribution in [0, 0.1) is 11.8 Å². The first-order chi connectivity index (χ1) is 27.1. The van der Waals surface area contributed by atoms with Gasteiger partial charge in [0.2, 0.25) is 11.8 Å². The Bertz CT molecular complexity index is 2110. The molecule has 3 heterocycles. The summed E-state index contributed by atoms with van der Waals surface area (Å²) >= 11 is 0. The summed E-state index contributed by atoms with van der Waals surface area (Å²) in [6, 6.07) is 29.3. The predicted octanol–water partition coefficient (Wildman–Crippen LogP) is 6.56. The van der Waals surface area contributed by atoms with E-state index in [1.807, 2.05) is 110 Å². The topological polar surface area (TPSA) is 117 Å². The van der Waals surface area contributed by atoms with Crippen LogP contribution >= 0.6 is 0 Å². The maximum absolute atomic E-state index is 15.3. The van der Waals surface area contributed by atoms with Crippen molar-refractivity contribution in [2.45, 2.75) is 68.5 Å². The van der Waals surface area contributed by atoms with E-state index in [4.69, 9.17) is 9.47 Å². The largest absolute Gasteiger partial charge is 0.455 e. The van der Waals surface area contributed by atoms with Crippen molar-refractivity contribution in [1.29, 1.82) is 0 Å². The van der Waals surface area contributed by atoms with Crippen molar-refractivity contribution in [3.05, 3.63) is 140 Å². The second-order valence-electron chi connectivity index (χ2n) is 15.0. The molecular formula is C46H49N3O7.